The van der Waals surface area contributed by atoms with E-state index < -0.39 is 0 Å². The largest absolute Gasteiger partial charge is 0.364 e. The van der Waals surface area contributed by atoms with Gasteiger partial charge in [-0.1, -0.05) is 0 Å². The van der Waals surface area contributed by atoms with Crippen LogP contribution in [0.3, 0.4) is 0 Å². The molecule has 15 heavy (non-hydrogen) atoms. The van der Waals surface area contributed by atoms with Gasteiger partial charge >= 0.3 is 0 Å². The number of nitrogens with zero attached hydrogens (tertiary/aromatic N) is 1. The van der Waals surface area contributed by atoms with Gasteiger partial charge < -0.3 is 5.32 Å². The van der Waals surface area contributed by atoms with Crippen LogP contribution < -0.4 is 10.7 Å². The fraction of sp³-hybridized carbons (Fsp3) is 0.778. The smallest absolute Gasteiger partial charge is 0.186 e. The van der Waals surface area contributed by atoms with Crippen LogP contribution in [0, 0.1) is 0 Å². The van der Waals surface area contributed by atoms with E-state index in [-0.39, 0.29) is 0 Å². The fourth-order valence-electron chi connectivity index (χ4n) is 1.37. The van der Waals surface area contributed by atoms with Crippen LogP contribution in [0.2, 0.25) is 0 Å². The molecular formula is C9H17N3S3. The third-order valence-electron chi connectivity index (χ3n) is 2.05. The molecule has 0 aromatic carbocycles. The maximum Gasteiger partial charge on any atom is 0.186 e. The van der Waals surface area contributed by atoms with Gasteiger partial charge in [0.2, 0.25) is 0 Å². The van der Waals surface area contributed by atoms with E-state index in [1.807, 2.05) is 30.4 Å². The van der Waals surface area contributed by atoms with Gasteiger partial charge in [0.25, 0.3) is 0 Å². The van der Waals surface area contributed by atoms with E-state index in [0.717, 1.165) is 12.1 Å². The zero-order valence-electron chi connectivity index (χ0n) is 9.29. The molecule has 0 radical (unpaired) electrons. The maximum absolute atomic E-state index is 4.94. The summed E-state index contributed by atoms with van der Waals surface area (Å²) < 4.78 is 0.302. The van der Waals surface area contributed by atoms with Crippen molar-refractivity contribution in [1.82, 2.24) is 10.7 Å². The van der Waals surface area contributed by atoms with Crippen LogP contribution >= 0.6 is 35.7 Å². The monoisotopic (exact) mass is 263 g/mol. The molecule has 0 aromatic heterocycles. The first kappa shape index (κ1) is 13.1. The highest BCUT2D eigenvalue weighted by atomic mass is 32.2. The van der Waals surface area contributed by atoms with E-state index in [2.05, 4.69) is 22.8 Å². The molecule has 6 heteroatoms. The van der Waals surface area contributed by atoms with Crippen molar-refractivity contribution in [2.75, 3.05) is 18.6 Å². The van der Waals surface area contributed by atoms with Gasteiger partial charge in [-0.2, -0.15) is 5.10 Å². The van der Waals surface area contributed by atoms with Crippen molar-refractivity contribution in [3.05, 3.63) is 0 Å². The Morgan fingerprint density at radius 1 is 1.47 bits per heavy atom. The molecule has 0 aliphatic carbocycles. The van der Waals surface area contributed by atoms with Crippen molar-refractivity contribution in [3.8, 4) is 0 Å². The third kappa shape index (κ3) is 4.61. The van der Waals surface area contributed by atoms with Crippen LogP contribution in [0.25, 0.3) is 0 Å². The van der Waals surface area contributed by atoms with Crippen molar-refractivity contribution < 1.29 is 0 Å². The molecule has 0 atom stereocenters. The molecule has 0 spiro atoms. The molecule has 2 N–H and O–H groups in total. The number of thioether (sulfide) groups is 2. The minimum Gasteiger partial charge on any atom is -0.364 e. The number of hydrogen-bond donors (Lipinski definition) is 2. The summed E-state index contributed by atoms with van der Waals surface area (Å²) in [4.78, 5) is 0. The maximum atomic E-state index is 4.94. The number of rotatable bonds is 3. The first-order chi connectivity index (χ1) is 7.06. The molecule has 0 unspecified atom stereocenters. The van der Waals surface area contributed by atoms with E-state index >= 15 is 0 Å². The molecule has 1 rings (SSSR count). The van der Waals surface area contributed by atoms with Crippen molar-refractivity contribution in [3.63, 3.8) is 0 Å². The van der Waals surface area contributed by atoms with Crippen LogP contribution in [0.5, 0.6) is 0 Å². The third-order valence-corrected chi connectivity index (χ3v) is 5.64. The summed E-state index contributed by atoms with van der Waals surface area (Å²) in [5.74, 6) is 2.49. The summed E-state index contributed by atoms with van der Waals surface area (Å²) in [5.41, 5.74) is 3.91. The van der Waals surface area contributed by atoms with Gasteiger partial charge in [-0.05, 0) is 26.1 Å². The first-order valence-electron chi connectivity index (χ1n) is 4.84. The predicted molar refractivity (Wildman–Crippen MR) is 75.8 cm³/mol. The van der Waals surface area contributed by atoms with Crippen molar-refractivity contribution >= 4 is 46.6 Å². The molecule has 1 heterocycles. The number of nitrogens with one attached hydrogen (secondary N) is 2. The van der Waals surface area contributed by atoms with E-state index in [1.54, 1.807) is 7.05 Å². The molecule has 1 aliphatic heterocycles. The second-order valence-corrected chi connectivity index (χ2v) is 7.41. The Morgan fingerprint density at radius 2 is 2.07 bits per heavy atom. The number of hydrazone groups is 1. The minimum atomic E-state index is 0.302. The highest BCUT2D eigenvalue weighted by molar-refractivity contribution is 8.21. The Labute approximate surface area is 105 Å². The topological polar surface area (TPSA) is 36.4 Å². The van der Waals surface area contributed by atoms with E-state index in [4.69, 9.17) is 12.2 Å². The lowest BCUT2D eigenvalue weighted by Gasteiger charge is -2.21. The highest BCUT2D eigenvalue weighted by Crippen LogP contribution is 2.45. The lowest BCUT2D eigenvalue weighted by atomic mass is 10.2. The average Bonchev–Trinajstić information content (AvgIpc) is 2.61. The molecule has 1 aliphatic rings. The first-order valence-corrected chi connectivity index (χ1v) is 7.22. The Balaban J connectivity index is 2.40. The van der Waals surface area contributed by atoms with E-state index in [9.17, 15) is 0 Å². The summed E-state index contributed by atoms with van der Waals surface area (Å²) >= 11 is 8.98. The molecule has 3 nitrogen and oxygen atoms in total. The molecular weight excluding hydrogens is 246 g/mol. The van der Waals surface area contributed by atoms with Crippen molar-refractivity contribution in [2.24, 2.45) is 5.10 Å². The molecule has 0 bridgehead atoms. The SMILES string of the molecule is CNC(=S)N/N=C(\C)CC1(C)SCCS1. The van der Waals surface area contributed by atoms with Gasteiger partial charge in [-0.15, -0.1) is 23.5 Å². The van der Waals surface area contributed by atoms with Gasteiger partial charge in [0.05, 0.1) is 4.08 Å². The molecule has 1 fully saturated rings. The standard InChI is InChI=1S/C9H17N3S3/c1-7(11-12-8(13)10-3)6-9(2)14-4-5-15-9/h4-6H2,1-3H3,(H2,10,12,13)/b11-7+. The molecule has 0 saturated carbocycles. The zero-order chi connectivity index (χ0) is 11.3. The number of hydrogen-bond acceptors (Lipinski definition) is 4. The Kier molecular flexibility index (Phi) is 5.22. The van der Waals surface area contributed by atoms with E-state index in [0.29, 0.717) is 9.19 Å². The number of thiocarbonyl (C=S) groups is 1. The lowest BCUT2D eigenvalue weighted by Crippen LogP contribution is -2.29. The zero-order valence-corrected chi connectivity index (χ0v) is 11.7. The second-order valence-electron chi connectivity index (χ2n) is 3.55. The van der Waals surface area contributed by atoms with Crippen molar-refractivity contribution in [1.29, 1.82) is 0 Å². The normalized spacial score (nSPS) is 20.1. The molecule has 1 saturated heterocycles. The fourth-order valence-corrected chi connectivity index (χ4v) is 4.40. The Morgan fingerprint density at radius 3 is 2.60 bits per heavy atom. The Bertz CT molecular complexity index is 259. The molecule has 0 amide bonds. The minimum absolute atomic E-state index is 0.302. The predicted octanol–water partition coefficient (Wildman–Crippen LogP) is 2.04. The van der Waals surface area contributed by atoms with Crippen LogP contribution in [-0.4, -0.2) is 33.5 Å². The second kappa shape index (κ2) is 5.96. The van der Waals surface area contributed by atoms with Gasteiger partial charge in [0.15, 0.2) is 5.11 Å². The molecule has 0 aromatic rings. The van der Waals surface area contributed by atoms with Gasteiger partial charge in [-0.25, -0.2) is 0 Å². The van der Waals surface area contributed by atoms with Gasteiger partial charge in [-0.3, -0.25) is 5.43 Å². The summed E-state index contributed by atoms with van der Waals surface area (Å²) in [6.45, 7) is 4.32. The summed E-state index contributed by atoms with van der Waals surface area (Å²) in [7, 11) is 1.78. The summed E-state index contributed by atoms with van der Waals surface area (Å²) in [5, 5.41) is 7.63. The van der Waals surface area contributed by atoms with Crippen LogP contribution in [0.4, 0.5) is 0 Å². The van der Waals surface area contributed by atoms with Crippen LogP contribution in [0.1, 0.15) is 20.3 Å². The van der Waals surface area contributed by atoms with Crippen molar-refractivity contribution in [2.45, 2.75) is 24.3 Å². The van der Waals surface area contributed by atoms with Gasteiger partial charge in [0, 0.05) is 30.7 Å². The summed E-state index contributed by atoms with van der Waals surface area (Å²) in [6.07, 6.45) is 1.00. The van der Waals surface area contributed by atoms with Crippen LogP contribution in [0.15, 0.2) is 5.10 Å². The quantitative estimate of drug-likeness (QED) is 0.463. The molecule has 86 valence electrons. The van der Waals surface area contributed by atoms with E-state index in [1.165, 1.54) is 11.5 Å². The Hall–Kier alpha value is 0.0600. The highest BCUT2D eigenvalue weighted by Gasteiger charge is 2.30. The van der Waals surface area contributed by atoms with Crippen LogP contribution in [-0.2, 0) is 0 Å². The van der Waals surface area contributed by atoms with Gasteiger partial charge in [0.1, 0.15) is 0 Å². The summed E-state index contributed by atoms with van der Waals surface area (Å²) in [6, 6.07) is 0. The average molecular weight is 263 g/mol. The lowest BCUT2D eigenvalue weighted by molar-refractivity contribution is 0.910.